The van der Waals surface area contributed by atoms with Crippen molar-refractivity contribution in [2.45, 2.75) is 20.3 Å². The molecule has 6 nitrogen and oxygen atoms in total. The van der Waals surface area contributed by atoms with E-state index in [4.69, 9.17) is 4.74 Å². The predicted molar refractivity (Wildman–Crippen MR) is 91.5 cm³/mol. The lowest BCUT2D eigenvalue weighted by atomic mass is 10.1. The number of nitrogens with one attached hydrogen (secondary N) is 1. The van der Waals surface area contributed by atoms with Crippen LogP contribution in [0.5, 0.6) is 5.75 Å². The Bertz CT molecular complexity index is 886. The number of nitrogens with zero attached hydrogens (tertiary/aromatic N) is 3. The van der Waals surface area contributed by atoms with Crippen molar-refractivity contribution in [3.63, 3.8) is 0 Å². The molecule has 1 aromatic carbocycles. The second-order valence-electron chi connectivity index (χ2n) is 5.66. The van der Waals surface area contributed by atoms with Gasteiger partial charge in [-0.1, -0.05) is 12.1 Å². The summed E-state index contributed by atoms with van der Waals surface area (Å²) >= 11 is 0. The summed E-state index contributed by atoms with van der Waals surface area (Å²) in [5.74, 6) is 0.710. The molecular weight excluding hydrogens is 304 g/mol. The van der Waals surface area contributed by atoms with Crippen molar-refractivity contribution in [3.05, 3.63) is 59.0 Å². The van der Waals surface area contributed by atoms with Crippen LogP contribution in [-0.4, -0.2) is 34.2 Å². The first-order valence-corrected chi connectivity index (χ1v) is 7.82. The van der Waals surface area contributed by atoms with Gasteiger partial charge in [-0.05, 0) is 43.5 Å². The fourth-order valence-electron chi connectivity index (χ4n) is 2.69. The third kappa shape index (κ3) is 3.08. The quantitative estimate of drug-likeness (QED) is 0.782. The average molecular weight is 324 g/mol. The maximum atomic E-state index is 12.5. The topological polar surface area (TPSA) is 68.5 Å². The maximum absolute atomic E-state index is 12.5. The molecule has 2 heterocycles. The van der Waals surface area contributed by atoms with Gasteiger partial charge in [0.05, 0.1) is 12.8 Å². The number of ether oxygens (including phenoxy) is 1. The molecule has 6 heteroatoms. The Balaban J connectivity index is 1.68. The molecule has 1 N–H and O–H groups in total. The molecular formula is C18H20N4O2. The van der Waals surface area contributed by atoms with Crippen LogP contribution in [0.3, 0.4) is 0 Å². The van der Waals surface area contributed by atoms with Gasteiger partial charge < -0.3 is 10.1 Å². The van der Waals surface area contributed by atoms with E-state index in [2.05, 4.69) is 15.4 Å². The average Bonchev–Trinajstić information content (AvgIpc) is 2.92. The summed E-state index contributed by atoms with van der Waals surface area (Å²) in [5.41, 5.74) is 3.98. The van der Waals surface area contributed by atoms with E-state index < -0.39 is 0 Å². The minimum absolute atomic E-state index is 0.153. The largest absolute Gasteiger partial charge is 0.496 e. The van der Waals surface area contributed by atoms with Gasteiger partial charge >= 0.3 is 0 Å². The summed E-state index contributed by atoms with van der Waals surface area (Å²) in [4.78, 5) is 16.7. The van der Waals surface area contributed by atoms with Gasteiger partial charge in [-0.15, -0.1) is 0 Å². The molecule has 124 valence electrons. The first-order valence-electron chi connectivity index (χ1n) is 7.82. The molecule has 0 aliphatic carbocycles. The van der Waals surface area contributed by atoms with E-state index in [-0.39, 0.29) is 5.91 Å². The number of aromatic nitrogens is 3. The van der Waals surface area contributed by atoms with Crippen molar-refractivity contribution in [1.82, 2.24) is 19.9 Å². The number of amides is 1. The van der Waals surface area contributed by atoms with Crippen molar-refractivity contribution in [3.8, 4) is 5.75 Å². The van der Waals surface area contributed by atoms with Crippen LogP contribution in [0.2, 0.25) is 0 Å². The molecule has 0 fully saturated rings. The summed E-state index contributed by atoms with van der Waals surface area (Å²) in [7, 11) is 1.66. The molecule has 0 saturated carbocycles. The van der Waals surface area contributed by atoms with Crippen LogP contribution in [-0.2, 0) is 6.42 Å². The number of fused-ring (bicyclic) bond motifs is 1. The number of methoxy groups -OCH3 is 1. The van der Waals surface area contributed by atoms with Gasteiger partial charge in [0.15, 0.2) is 5.65 Å². The predicted octanol–water partition coefficient (Wildman–Crippen LogP) is 2.33. The first-order chi connectivity index (χ1) is 11.6. The van der Waals surface area contributed by atoms with Crippen LogP contribution in [0.15, 0.2) is 36.7 Å². The number of aryl methyl sites for hydroxylation is 2. The van der Waals surface area contributed by atoms with Crippen LogP contribution in [0.25, 0.3) is 5.65 Å². The normalized spacial score (nSPS) is 10.8. The molecule has 0 atom stereocenters. The van der Waals surface area contributed by atoms with Gasteiger partial charge in [0.25, 0.3) is 5.91 Å². The highest BCUT2D eigenvalue weighted by molar-refractivity contribution is 6.00. The molecule has 24 heavy (non-hydrogen) atoms. The zero-order chi connectivity index (χ0) is 17.1. The van der Waals surface area contributed by atoms with Crippen LogP contribution in [0.4, 0.5) is 0 Å². The molecule has 0 spiro atoms. The van der Waals surface area contributed by atoms with Gasteiger partial charge in [-0.2, -0.15) is 5.10 Å². The van der Waals surface area contributed by atoms with E-state index in [0.717, 1.165) is 23.3 Å². The molecule has 0 saturated heterocycles. The Labute approximate surface area is 140 Å². The lowest BCUT2D eigenvalue weighted by Gasteiger charge is -2.08. The van der Waals surface area contributed by atoms with Crippen molar-refractivity contribution in [2.24, 2.45) is 0 Å². The van der Waals surface area contributed by atoms with Crippen LogP contribution >= 0.6 is 0 Å². The lowest BCUT2D eigenvalue weighted by Crippen LogP contribution is -2.26. The van der Waals surface area contributed by atoms with Gasteiger partial charge in [0.1, 0.15) is 11.3 Å². The molecule has 0 bridgehead atoms. The highest BCUT2D eigenvalue weighted by Gasteiger charge is 2.17. The summed E-state index contributed by atoms with van der Waals surface area (Å²) < 4.78 is 6.95. The molecule has 0 aliphatic heterocycles. The van der Waals surface area contributed by atoms with Crippen LogP contribution < -0.4 is 10.1 Å². The van der Waals surface area contributed by atoms with Gasteiger partial charge in [0.2, 0.25) is 0 Å². The van der Waals surface area contributed by atoms with Crippen molar-refractivity contribution >= 4 is 11.6 Å². The van der Waals surface area contributed by atoms with Crippen molar-refractivity contribution < 1.29 is 9.53 Å². The molecule has 0 aliphatic rings. The lowest BCUT2D eigenvalue weighted by molar-refractivity contribution is 0.0955. The molecule has 0 radical (unpaired) electrons. The fraction of sp³-hybridized carbons (Fsp3) is 0.278. The molecule has 1 amide bonds. The standard InChI is InChI=1S/C18H20N4O2/c1-12-5-6-14(11-15(12)24-3)7-9-20-18(23)16-13(2)21-22-10-4-8-19-17(16)22/h4-6,8,10-11H,7,9H2,1-3H3,(H,20,23). The number of carbonyl (C=O) groups is 1. The first kappa shape index (κ1) is 16.0. The molecule has 0 unspecified atom stereocenters. The molecule has 3 aromatic rings. The van der Waals surface area contributed by atoms with E-state index in [9.17, 15) is 4.79 Å². The van der Waals surface area contributed by atoms with E-state index in [0.29, 0.717) is 23.4 Å². The van der Waals surface area contributed by atoms with E-state index in [1.165, 1.54) is 0 Å². The van der Waals surface area contributed by atoms with E-state index in [1.807, 2.05) is 32.0 Å². The zero-order valence-electron chi connectivity index (χ0n) is 14.0. The zero-order valence-corrected chi connectivity index (χ0v) is 14.0. The number of rotatable bonds is 5. The molecule has 3 rings (SSSR count). The smallest absolute Gasteiger partial charge is 0.257 e. The highest BCUT2D eigenvalue weighted by Crippen LogP contribution is 2.19. The Hall–Kier alpha value is -2.89. The van der Waals surface area contributed by atoms with Crippen molar-refractivity contribution in [2.75, 3.05) is 13.7 Å². The van der Waals surface area contributed by atoms with Gasteiger partial charge in [0, 0.05) is 18.9 Å². The Morgan fingerprint density at radius 3 is 2.96 bits per heavy atom. The minimum Gasteiger partial charge on any atom is -0.496 e. The third-order valence-corrected chi connectivity index (χ3v) is 3.97. The number of benzene rings is 1. The number of carbonyl (C=O) groups excluding carboxylic acids is 1. The van der Waals surface area contributed by atoms with Gasteiger partial charge in [-0.3, -0.25) is 4.79 Å². The van der Waals surface area contributed by atoms with Crippen LogP contribution in [0.1, 0.15) is 27.2 Å². The maximum Gasteiger partial charge on any atom is 0.257 e. The third-order valence-electron chi connectivity index (χ3n) is 3.97. The highest BCUT2D eigenvalue weighted by atomic mass is 16.5. The van der Waals surface area contributed by atoms with E-state index >= 15 is 0 Å². The Morgan fingerprint density at radius 1 is 1.33 bits per heavy atom. The summed E-state index contributed by atoms with van der Waals surface area (Å²) in [5, 5.41) is 7.26. The monoisotopic (exact) mass is 324 g/mol. The summed E-state index contributed by atoms with van der Waals surface area (Å²) in [6, 6.07) is 7.86. The van der Waals surface area contributed by atoms with Gasteiger partial charge in [-0.25, -0.2) is 9.50 Å². The summed E-state index contributed by atoms with van der Waals surface area (Å²) in [6.45, 7) is 4.36. The summed E-state index contributed by atoms with van der Waals surface area (Å²) in [6.07, 6.45) is 4.17. The second kappa shape index (κ2) is 6.70. The van der Waals surface area contributed by atoms with Crippen molar-refractivity contribution in [1.29, 1.82) is 0 Å². The Morgan fingerprint density at radius 2 is 2.17 bits per heavy atom. The fourth-order valence-corrected chi connectivity index (χ4v) is 2.69. The number of hydrogen-bond acceptors (Lipinski definition) is 4. The second-order valence-corrected chi connectivity index (χ2v) is 5.66. The molecule has 2 aromatic heterocycles. The number of hydrogen-bond donors (Lipinski definition) is 1. The Kier molecular flexibility index (Phi) is 4.46. The SMILES string of the molecule is COc1cc(CCNC(=O)c2c(C)nn3cccnc23)ccc1C. The van der Waals surface area contributed by atoms with Crippen LogP contribution in [0, 0.1) is 13.8 Å². The van der Waals surface area contributed by atoms with E-state index in [1.54, 1.807) is 30.1 Å². The minimum atomic E-state index is -0.153.